The second kappa shape index (κ2) is 8.26. The summed E-state index contributed by atoms with van der Waals surface area (Å²) in [6.07, 6.45) is 0.219. The Morgan fingerprint density at radius 1 is 1.17 bits per heavy atom. The van der Waals surface area contributed by atoms with Gasteiger partial charge in [-0.25, -0.2) is 0 Å². The molecule has 2 heterocycles. The first-order valence-corrected chi connectivity index (χ1v) is 9.57. The van der Waals surface area contributed by atoms with E-state index in [2.05, 4.69) is 15.5 Å². The number of amides is 2. The molecule has 7 nitrogen and oxygen atoms in total. The van der Waals surface area contributed by atoms with Crippen molar-refractivity contribution >= 4 is 11.8 Å². The zero-order valence-electron chi connectivity index (χ0n) is 16.2. The smallest absolute Gasteiger partial charge is 0.246 e. The molecule has 1 N–H and O–H groups in total. The Labute approximate surface area is 168 Å². The first-order chi connectivity index (χ1) is 14.1. The highest BCUT2D eigenvalue weighted by Gasteiger charge is 2.34. The van der Waals surface area contributed by atoms with Gasteiger partial charge in [-0.15, -0.1) is 0 Å². The van der Waals surface area contributed by atoms with Crippen molar-refractivity contribution in [2.75, 3.05) is 6.54 Å². The molecular formula is C22H22N4O3. The molecule has 0 saturated carbocycles. The molecule has 0 bridgehead atoms. The van der Waals surface area contributed by atoms with Crippen LogP contribution in [0.4, 0.5) is 0 Å². The molecule has 1 fully saturated rings. The summed E-state index contributed by atoms with van der Waals surface area (Å²) in [7, 11) is 0. The maximum atomic E-state index is 12.5. The number of aromatic nitrogens is 2. The lowest BCUT2D eigenvalue weighted by Crippen LogP contribution is -2.32. The molecule has 148 valence electrons. The van der Waals surface area contributed by atoms with E-state index in [1.807, 2.05) is 61.5 Å². The number of hydrogen-bond acceptors (Lipinski definition) is 5. The normalized spacial score (nSPS) is 16.2. The first-order valence-electron chi connectivity index (χ1n) is 9.57. The SMILES string of the molecule is Cc1ccc(CN2CC(C(=O)NCc3nc(-c4ccccc4)no3)CC2=O)cc1. The lowest BCUT2D eigenvalue weighted by atomic mass is 10.1. The van der Waals surface area contributed by atoms with Crippen LogP contribution < -0.4 is 5.32 Å². The fraction of sp³-hybridized carbons (Fsp3) is 0.273. The van der Waals surface area contributed by atoms with Crippen molar-refractivity contribution in [1.82, 2.24) is 20.4 Å². The maximum absolute atomic E-state index is 12.5. The number of hydrogen-bond donors (Lipinski definition) is 1. The Balaban J connectivity index is 1.31. The van der Waals surface area contributed by atoms with E-state index in [4.69, 9.17) is 4.52 Å². The van der Waals surface area contributed by atoms with Gasteiger partial charge in [0.2, 0.25) is 23.5 Å². The van der Waals surface area contributed by atoms with Crippen LogP contribution in [0.5, 0.6) is 0 Å². The number of benzene rings is 2. The number of aryl methyl sites for hydroxylation is 1. The minimum Gasteiger partial charge on any atom is -0.347 e. The summed E-state index contributed by atoms with van der Waals surface area (Å²) in [5.41, 5.74) is 3.08. The Bertz CT molecular complexity index is 998. The third-order valence-electron chi connectivity index (χ3n) is 4.99. The van der Waals surface area contributed by atoms with Gasteiger partial charge in [0, 0.05) is 25.1 Å². The van der Waals surface area contributed by atoms with Crippen molar-refractivity contribution in [3.8, 4) is 11.4 Å². The summed E-state index contributed by atoms with van der Waals surface area (Å²) in [5, 5.41) is 6.74. The largest absolute Gasteiger partial charge is 0.347 e. The number of rotatable bonds is 6. The van der Waals surface area contributed by atoms with Gasteiger partial charge in [0.25, 0.3) is 0 Å². The van der Waals surface area contributed by atoms with E-state index in [9.17, 15) is 9.59 Å². The molecule has 1 aliphatic heterocycles. The summed E-state index contributed by atoms with van der Waals surface area (Å²) in [6, 6.07) is 17.5. The summed E-state index contributed by atoms with van der Waals surface area (Å²) in [4.78, 5) is 30.8. The third-order valence-corrected chi connectivity index (χ3v) is 4.99. The Kier molecular flexibility index (Phi) is 5.37. The molecule has 2 aromatic carbocycles. The van der Waals surface area contributed by atoms with Gasteiger partial charge < -0.3 is 14.7 Å². The predicted octanol–water partition coefficient (Wildman–Crippen LogP) is 2.71. The van der Waals surface area contributed by atoms with E-state index in [0.29, 0.717) is 24.8 Å². The molecule has 0 radical (unpaired) electrons. The monoisotopic (exact) mass is 390 g/mol. The molecule has 29 heavy (non-hydrogen) atoms. The fourth-order valence-corrected chi connectivity index (χ4v) is 3.35. The van der Waals surface area contributed by atoms with Crippen LogP contribution >= 0.6 is 0 Å². The molecule has 3 aromatic rings. The van der Waals surface area contributed by atoms with Crippen LogP contribution in [0.1, 0.15) is 23.4 Å². The standard InChI is InChI=1S/C22H22N4O3/c1-15-7-9-16(10-8-15)13-26-14-18(11-20(26)27)22(28)23-12-19-24-21(25-29-19)17-5-3-2-4-6-17/h2-10,18H,11-14H2,1H3,(H,23,28). The van der Waals surface area contributed by atoms with Crippen LogP contribution in [0, 0.1) is 12.8 Å². The lowest BCUT2D eigenvalue weighted by molar-refractivity contribution is -0.129. The Hall–Kier alpha value is -3.48. The van der Waals surface area contributed by atoms with Gasteiger partial charge in [-0.05, 0) is 12.5 Å². The van der Waals surface area contributed by atoms with Crippen LogP contribution in [-0.4, -0.2) is 33.4 Å². The fourth-order valence-electron chi connectivity index (χ4n) is 3.35. The molecule has 1 atom stereocenters. The van der Waals surface area contributed by atoms with E-state index in [-0.39, 0.29) is 30.7 Å². The molecule has 1 aliphatic rings. The zero-order valence-corrected chi connectivity index (χ0v) is 16.2. The van der Waals surface area contributed by atoms with Crippen LogP contribution in [0.25, 0.3) is 11.4 Å². The second-order valence-electron chi connectivity index (χ2n) is 7.26. The van der Waals surface area contributed by atoms with Gasteiger partial charge in [-0.2, -0.15) is 4.98 Å². The molecule has 1 saturated heterocycles. The number of nitrogens with one attached hydrogen (secondary N) is 1. The van der Waals surface area contributed by atoms with Crippen LogP contribution in [0.15, 0.2) is 59.1 Å². The summed E-state index contributed by atoms with van der Waals surface area (Å²) < 4.78 is 5.21. The molecule has 4 rings (SSSR count). The molecule has 1 aromatic heterocycles. The molecule has 0 aliphatic carbocycles. The number of nitrogens with zero attached hydrogens (tertiary/aromatic N) is 3. The van der Waals surface area contributed by atoms with Crippen molar-refractivity contribution < 1.29 is 14.1 Å². The van der Waals surface area contributed by atoms with E-state index >= 15 is 0 Å². The van der Waals surface area contributed by atoms with Crippen molar-refractivity contribution in [3.05, 3.63) is 71.6 Å². The van der Waals surface area contributed by atoms with Crippen LogP contribution in [0.2, 0.25) is 0 Å². The Morgan fingerprint density at radius 3 is 2.69 bits per heavy atom. The van der Waals surface area contributed by atoms with Crippen molar-refractivity contribution in [2.45, 2.75) is 26.4 Å². The van der Waals surface area contributed by atoms with Crippen LogP contribution in [0.3, 0.4) is 0 Å². The van der Waals surface area contributed by atoms with Crippen molar-refractivity contribution in [1.29, 1.82) is 0 Å². The number of carbonyl (C=O) groups excluding carboxylic acids is 2. The minimum absolute atomic E-state index is 0.00474. The van der Waals surface area contributed by atoms with E-state index in [1.54, 1.807) is 4.90 Å². The predicted molar refractivity (Wildman–Crippen MR) is 106 cm³/mol. The highest BCUT2D eigenvalue weighted by atomic mass is 16.5. The van der Waals surface area contributed by atoms with Gasteiger partial charge in [0.15, 0.2) is 0 Å². The molecule has 7 heteroatoms. The van der Waals surface area contributed by atoms with Gasteiger partial charge in [0.05, 0.1) is 12.5 Å². The van der Waals surface area contributed by atoms with E-state index < -0.39 is 0 Å². The van der Waals surface area contributed by atoms with Crippen molar-refractivity contribution in [3.63, 3.8) is 0 Å². The number of carbonyl (C=O) groups is 2. The molecule has 1 unspecified atom stereocenters. The average molecular weight is 390 g/mol. The topological polar surface area (TPSA) is 88.3 Å². The number of likely N-dealkylation sites (tertiary alicyclic amines) is 1. The van der Waals surface area contributed by atoms with Gasteiger partial charge >= 0.3 is 0 Å². The molecule has 0 spiro atoms. The summed E-state index contributed by atoms with van der Waals surface area (Å²) >= 11 is 0. The van der Waals surface area contributed by atoms with Crippen molar-refractivity contribution in [2.24, 2.45) is 5.92 Å². The first kappa shape index (κ1) is 18.9. The van der Waals surface area contributed by atoms with E-state index in [0.717, 1.165) is 11.1 Å². The van der Waals surface area contributed by atoms with Gasteiger partial charge in [-0.3, -0.25) is 9.59 Å². The lowest BCUT2D eigenvalue weighted by Gasteiger charge is -2.16. The molecular weight excluding hydrogens is 368 g/mol. The third kappa shape index (κ3) is 4.51. The summed E-state index contributed by atoms with van der Waals surface area (Å²) in [6.45, 7) is 3.10. The highest BCUT2D eigenvalue weighted by Crippen LogP contribution is 2.21. The van der Waals surface area contributed by atoms with Gasteiger partial charge in [0.1, 0.15) is 0 Å². The van der Waals surface area contributed by atoms with Crippen LogP contribution in [-0.2, 0) is 22.7 Å². The maximum Gasteiger partial charge on any atom is 0.246 e. The average Bonchev–Trinajstić information content (AvgIpc) is 3.36. The van der Waals surface area contributed by atoms with E-state index in [1.165, 1.54) is 5.56 Å². The Morgan fingerprint density at radius 2 is 1.93 bits per heavy atom. The quantitative estimate of drug-likeness (QED) is 0.699. The van der Waals surface area contributed by atoms with Gasteiger partial charge in [-0.1, -0.05) is 65.3 Å². The molecule has 2 amide bonds. The summed E-state index contributed by atoms with van der Waals surface area (Å²) in [5.74, 6) is 0.261. The zero-order chi connectivity index (χ0) is 20.2. The minimum atomic E-state index is -0.371. The highest BCUT2D eigenvalue weighted by molar-refractivity contribution is 5.89. The second-order valence-corrected chi connectivity index (χ2v) is 7.26.